The second kappa shape index (κ2) is 4.18. The van der Waals surface area contributed by atoms with Crippen molar-refractivity contribution in [2.45, 2.75) is 19.5 Å². The van der Waals surface area contributed by atoms with E-state index in [4.69, 9.17) is 21.3 Å². The van der Waals surface area contributed by atoms with E-state index in [0.29, 0.717) is 12.2 Å². The lowest BCUT2D eigenvalue weighted by molar-refractivity contribution is -0.141. The van der Waals surface area contributed by atoms with E-state index in [1.54, 1.807) is 6.92 Å². The van der Waals surface area contributed by atoms with E-state index in [0.717, 1.165) is 0 Å². The van der Waals surface area contributed by atoms with Crippen molar-refractivity contribution in [1.82, 2.24) is 4.98 Å². The lowest BCUT2D eigenvalue weighted by atomic mass is 10.2. The Morgan fingerprint density at radius 3 is 2.67 bits per heavy atom. The third-order valence-electron chi connectivity index (χ3n) is 2.38. The van der Waals surface area contributed by atoms with Crippen molar-refractivity contribution >= 4 is 22.7 Å². The minimum atomic E-state index is -4.73. The van der Waals surface area contributed by atoms with E-state index < -0.39 is 17.4 Å². The maximum atomic E-state index is 12.7. The van der Waals surface area contributed by atoms with Gasteiger partial charge in [0.25, 0.3) is 0 Å². The molecular weight excluding hydrogens is 269 g/mol. The highest BCUT2D eigenvalue weighted by Gasteiger charge is 2.38. The molecule has 0 saturated carbocycles. The van der Waals surface area contributed by atoms with Gasteiger partial charge in [-0.2, -0.15) is 18.4 Å². The number of pyridine rings is 1. The van der Waals surface area contributed by atoms with Gasteiger partial charge in [-0.15, -0.1) is 0 Å². The molecule has 0 spiro atoms. The zero-order valence-electron chi connectivity index (χ0n) is 9.10. The van der Waals surface area contributed by atoms with Gasteiger partial charge in [-0.1, -0.05) is 18.5 Å². The van der Waals surface area contributed by atoms with E-state index in [1.807, 2.05) is 0 Å². The van der Waals surface area contributed by atoms with Crippen LogP contribution in [0.1, 0.15) is 23.9 Å². The van der Waals surface area contributed by atoms with E-state index in [2.05, 4.69) is 4.98 Å². The standard InChI is InChI=1S/C11H6ClF3N2O/c1-2-5-3-7-9(18-5)8(12)6(4-16)10(17-7)11(13,14)15/h3H,2H2,1H3. The predicted octanol–water partition coefficient (Wildman–Crippen LogP) is 3.93. The Kier molecular flexibility index (Phi) is 2.95. The molecule has 0 atom stereocenters. The van der Waals surface area contributed by atoms with Crippen molar-refractivity contribution in [3.8, 4) is 6.07 Å². The number of hydrogen-bond acceptors (Lipinski definition) is 3. The van der Waals surface area contributed by atoms with Crippen molar-refractivity contribution in [2.75, 3.05) is 0 Å². The van der Waals surface area contributed by atoms with Gasteiger partial charge in [0.1, 0.15) is 27.9 Å². The van der Waals surface area contributed by atoms with Crippen LogP contribution in [0.5, 0.6) is 0 Å². The summed E-state index contributed by atoms with van der Waals surface area (Å²) in [7, 11) is 0. The second-order valence-electron chi connectivity index (χ2n) is 3.54. The third-order valence-corrected chi connectivity index (χ3v) is 2.74. The Balaban J connectivity index is 2.85. The van der Waals surface area contributed by atoms with Crippen LogP contribution in [-0.2, 0) is 12.6 Å². The molecule has 94 valence electrons. The molecule has 2 heterocycles. The van der Waals surface area contributed by atoms with Gasteiger partial charge < -0.3 is 4.42 Å². The maximum absolute atomic E-state index is 12.7. The zero-order chi connectivity index (χ0) is 13.5. The first kappa shape index (κ1) is 12.7. The third kappa shape index (κ3) is 1.91. The van der Waals surface area contributed by atoms with Crippen LogP contribution in [0.25, 0.3) is 11.1 Å². The number of aromatic nitrogens is 1. The molecule has 0 aliphatic rings. The van der Waals surface area contributed by atoms with Crippen molar-refractivity contribution < 1.29 is 17.6 Å². The molecule has 7 heteroatoms. The zero-order valence-corrected chi connectivity index (χ0v) is 9.85. The molecular formula is C11H6ClF3N2O. The first-order valence-electron chi connectivity index (χ1n) is 4.97. The number of halogens is 4. The van der Waals surface area contributed by atoms with Crippen molar-refractivity contribution in [1.29, 1.82) is 5.26 Å². The number of rotatable bonds is 1. The predicted molar refractivity (Wildman–Crippen MR) is 58.1 cm³/mol. The molecule has 0 aliphatic carbocycles. The fraction of sp³-hybridized carbons (Fsp3) is 0.273. The van der Waals surface area contributed by atoms with Crippen molar-refractivity contribution in [3.05, 3.63) is 28.1 Å². The smallest absolute Gasteiger partial charge is 0.434 e. The molecule has 0 unspecified atom stereocenters. The van der Waals surface area contributed by atoms with Crippen LogP contribution in [0.2, 0.25) is 5.02 Å². The molecule has 0 bridgehead atoms. The highest BCUT2D eigenvalue weighted by atomic mass is 35.5. The summed E-state index contributed by atoms with van der Waals surface area (Å²) in [6.45, 7) is 1.78. The van der Waals surface area contributed by atoms with Gasteiger partial charge in [0.2, 0.25) is 0 Å². The highest BCUT2D eigenvalue weighted by molar-refractivity contribution is 6.35. The number of fused-ring (bicyclic) bond motifs is 1. The Labute approximate surface area is 105 Å². The number of alkyl halides is 3. The van der Waals surface area contributed by atoms with Crippen molar-refractivity contribution in [3.63, 3.8) is 0 Å². The Hall–Kier alpha value is -1.74. The Morgan fingerprint density at radius 2 is 2.17 bits per heavy atom. The molecule has 0 aromatic carbocycles. The number of furan rings is 1. The van der Waals surface area contributed by atoms with Crippen LogP contribution >= 0.6 is 11.6 Å². The Bertz CT molecular complexity index is 655. The fourth-order valence-corrected chi connectivity index (χ4v) is 1.81. The molecule has 0 radical (unpaired) electrons. The van der Waals surface area contributed by atoms with E-state index >= 15 is 0 Å². The van der Waals surface area contributed by atoms with Crippen LogP contribution in [0.3, 0.4) is 0 Å². The average Bonchev–Trinajstić information content (AvgIpc) is 2.71. The number of nitrogens with zero attached hydrogens (tertiary/aromatic N) is 2. The van der Waals surface area contributed by atoms with Gasteiger partial charge in [0.15, 0.2) is 11.3 Å². The number of aryl methyl sites for hydroxylation is 1. The minimum Gasteiger partial charge on any atom is -0.458 e. The number of nitriles is 1. The largest absolute Gasteiger partial charge is 0.458 e. The maximum Gasteiger partial charge on any atom is 0.434 e. The molecule has 2 aromatic heterocycles. The SMILES string of the molecule is CCc1cc2nc(C(F)(F)F)c(C#N)c(Cl)c2o1. The quantitative estimate of drug-likeness (QED) is 0.791. The molecule has 2 aromatic rings. The summed E-state index contributed by atoms with van der Waals surface area (Å²) in [6, 6.07) is 2.80. The van der Waals surface area contributed by atoms with Crippen LogP contribution in [0, 0.1) is 11.3 Å². The topological polar surface area (TPSA) is 49.8 Å². The lowest BCUT2D eigenvalue weighted by Gasteiger charge is -2.08. The summed E-state index contributed by atoms with van der Waals surface area (Å²) >= 11 is 5.77. The monoisotopic (exact) mass is 274 g/mol. The van der Waals surface area contributed by atoms with Gasteiger partial charge in [-0.25, -0.2) is 4.98 Å². The second-order valence-corrected chi connectivity index (χ2v) is 3.92. The first-order chi connectivity index (χ1) is 8.38. The van der Waals surface area contributed by atoms with Crippen molar-refractivity contribution in [2.24, 2.45) is 0 Å². The number of hydrogen-bond donors (Lipinski definition) is 0. The fourth-order valence-electron chi connectivity index (χ4n) is 1.55. The Morgan fingerprint density at radius 1 is 1.50 bits per heavy atom. The molecule has 18 heavy (non-hydrogen) atoms. The lowest BCUT2D eigenvalue weighted by Crippen LogP contribution is -2.11. The van der Waals surface area contributed by atoms with Crippen LogP contribution in [0.15, 0.2) is 10.5 Å². The molecule has 0 N–H and O–H groups in total. The molecule has 0 fully saturated rings. The minimum absolute atomic E-state index is 0.00294. The molecule has 0 saturated heterocycles. The van der Waals surface area contributed by atoms with Crippen LogP contribution in [0.4, 0.5) is 13.2 Å². The van der Waals surface area contributed by atoms with Crippen LogP contribution < -0.4 is 0 Å². The van der Waals surface area contributed by atoms with Gasteiger partial charge in [-0.3, -0.25) is 0 Å². The highest BCUT2D eigenvalue weighted by Crippen LogP contribution is 2.37. The molecule has 3 nitrogen and oxygen atoms in total. The van der Waals surface area contributed by atoms with E-state index in [9.17, 15) is 13.2 Å². The van der Waals surface area contributed by atoms with E-state index in [1.165, 1.54) is 12.1 Å². The molecule has 0 aliphatic heterocycles. The summed E-state index contributed by atoms with van der Waals surface area (Å²) in [4.78, 5) is 3.42. The van der Waals surface area contributed by atoms with Gasteiger partial charge in [0.05, 0.1) is 0 Å². The van der Waals surface area contributed by atoms with Gasteiger partial charge in [0, 0.05) is 12.5 Å². The van der Waals surface area contributed by atoms with Gasteiger partial charge in [-0.05, 0) is 0 Å². The summed E-state index contributed by atoms with van der Waals surface area (Å²) in [6.07, 6.45) is -4.23. The molecule has 2 rings (SSSR count). The van der Waals surface area contributed by atoms with Crippen LogP contribution in [-0.4, -0.2) is 4.98 Å². The van der Waals surface area contributed by atoms with Gasteiger partial charge >= 0.3 is 6.18 Å². The summed E-state index contributed by atoms with van der Waals surface area (Å²) in [5, 5.41) is 8.42. The molecule has 0 amide bonds. The van der Waals surface area contributed by atoms with E-state index in [-0.39, 0.29) is 16.1 Å². The normalized spacial score (nSPS) is 11.8. The first-order valence-corrected chi connectivity index (χ1v) is 5.35. The summed E-state index contributed by atoms with van der Waals surface area (Å²) < 4.78 is 43.4. The summed E-state index contributed by atoms with van der Waals surface area (Å²) in [5.41, 5.74) is -1.99. The average molecular weight is 275 g/mol. The summed E-state index contributed by atoms with van der Waals surface area (Å²) in [5.74, 6) is 0.461.